The van der Waals surface area contributed by atoms with E-state index in [0.29, 0.717) is 16.7 Å². The van der Waals surface area contributed by atoms with Crippen molar-refractivity contribution >= 4 is 11.5 Å². The van der Waals surface area contributed by atoms with E-state index in [4.69, 9.17) is 0 Å². The van der Waals surface area contributed by atoms with Gasteiger partial charge in [0.25, 0.3) is 5.69 Å². The number of rotatable bonds is 4. The molecule has 2 rings (SSSR count). The fourth-order valence-electron chi connectivity index (χ4n) is 1.79. The molecule has 20 heavy (non-hydrogen) atoms. The van der Waals surface area contributed by atoms with Crippen LogP contribution >= 0.6 is 0 Å². The Labute approximate surface area is 115 Å². The first-order chi connectivity index (χ1) is 9.47. The molecule has 2 aromatic carbocycles. The second-order valence-corrected chi connectivity index (χ2v) is 4.49. The van der Waals surface area contributed by atoms with Crippen LogP contribution in [-0.4, -0.2) is 10.7 Å². The molecule has 0 radical (unpaired) electrons. The number of carbonyl (C=O) groups is 1. The highest BCUT2D eigenvalue weighted by atomic mass is 19.1. The first-order valence-electron chi connectivity index (χ1n) is 6.00. The first kappa shape index (κ1) is 13.9. The van der Waals surface area contributed by atoms with Gasteiger partial charge in [-0.25, -0.2) is 4.39 Å². The van der Waals surface area contributed by atoms with Gasteiger partial charge in [0.05, 0.1) is 4.92 Å². The number of aryl methyl sites for hydroxylation is 1. The first-order valence-corrected chi connectivity index (χ1v) is 6.00. The smallest absolute Gasteiger partial charge is 0.269 e. The van der Waals surface area contributed by atoms with Crippen molar-refractivity contribution in [3.8, 4) is 0 Å². The second kappa shape index (κ2) is 5.61. The molecule has 4 nitrogen and oxygen atoms in total. The number of nitro benzene ring substituents is 1. The maximum atomic E-state index is 13.4. The van der Waals surface area contributed by atoms with Gasteiger partial charge in [-0.15, -0.1) is 0 Å². The average molecular weight is 273 g/mol. The van der Waals surface area contributed by atoms with Crippen LogP contribution in [0, 0.1) is 22.9 Å². The van der Waals surface area contributed by atoms with Crippen molar-refractivity contribution in [2.45, 2.75) is 13.3 Å². The molecule has 0 bridgehead atoms. The Kier molecular flexibility index (Phi) is 3.89. The maximum Gasteiger partial charge on any atom is 0.269 e. The average Bonchev–Trinajstić information content (AvgIpc) is 2.42. The zero-order valence-electron chi connectivity index (χ0n) is 10.8. The summed E-state index contributed by atoms with van der Waals surface area (Å²) < 4.78 is 13.4. The molecule has 0 saturated heterocycles. The van der Waals surface area contributed by atoms with Gasteiger partial charge >= 0.3 is 0 Å². The zero-order valence-corrected chi connectivity index (χ0v) is 10.8. The molecule has 0 heterocycles. The molecule has 0 N–H and O–H groups in total. The van der Waals surface area contributed by atoms with Crippen LogP contribution in [0.25, 0.3) is 0 Å². The van der Waals surface area contributed by atoms with Gasteiger partial charge in [0.2, 0.25) is 0 Å². The number of hydrogen-bond acceptors (Lipinski definition) is 3. The van der Waals surface area contributed by atoms with E-state index in [2.05, 4.69) is 0 Å². The molecule has 0 aliphatic rings. The molecule has 0 atom stereocenters. The number of non-ortho nitro benzene ring substituents is 1. The molecule has 0 saturated carbocycles. The number of nitro groups is 1. The van der Waals surface area contributed by atoms with Crippen molar-refractivity contribution in [2.24, 2.45) is 0 Å². The molecule has 2 aromatic rings. The summed E-state index contributed by atoms with van der Waals surface area (Å²) in [5.41, 5.74) is 1.41. The van der Waals surface area contributed by atoms with Crippen LogP contribution in [0.4, 0.5) is 10.1 Å². The van der Waals surface area contributed by atoms with Crippen molar-refractivity contribution in [3.05, 3.63) is 75.1 Å². The fraction of sp³-hybridized carbons (Fsp3) is 0.133. The summed E-state index contributed by atoms with van der Waals surface area (Å²) in [4.78, 5) is 22.0. The number of nitrogens with zero attached hydrogens (tertiary/aromatic N) is 1. The Morgan fingerprint density at radius 3 is 2.40 bits per heavy atom. The largest absolute Gasteiger partial charge is 0.294 e. The Balaban J connectivity index is 2.14. The minimum absolute atomic E-state index is 0.0254. The van der Waals surface area contributed by atoms with E-state index in [-0.39, 0.29) is 17.9 Å². The van der Waals surface area contributed by atoms with E-state index >= 15 is 0 Å². The molecule has 0 fully saturated rings. The summed E-state index contributed by atoms with van der Waals surface area (Å²) in [6, 6.07) is 10.1. The summed E-state index contributed by atoms with van der Waals surface area (Å²) in [5, 5.41) is 10.5. The SMILES string of the molecule is Cc1ccc(C(=O)Cc2ccc([N+](=O)[O-])cc2)cc1F. The minimum Gasteiger partial charge on any atom is -0.294 e. The van der Waals surface area contributed by atoms with Crippen molar-refractivity contribution in [2.75, 3.05) is 0 Å². The molecule has 5 heteroatoms. The standard InChI is InChI=1S/C15H12FNO3/c1-10-2-5-12(9-14(10)16)15(18)8-11-3-6-13(7-4-11)17(19)20/h2-7,9H,8H2,1H3. The number of Topliss-reactive ketones (excluding diaryl/α,β-unsaturated/α-hetero) is 1. The van der Waals surface area contributed by atoms with Crippen LogP contribution in [0.15, 0.2) is 42.5 Å². The van der Waals surface area contributed by atoms with Gasteiger partial charge in [-0.05, 0) is 24.1 Å². The lowest BCUT2D eigenvalue weighted by Gasteiger charge is -2.03. The van der Waals surface area contributed by atoms with E-state index in [1.54, 1.807) is 19.1 Å². The van der Waals surface area contributed by atoms with Gasteiger partial charge in [-0.1, -0.05) is 24.3 Å². The summed E-state index contributed by atoms with van der Waals surface area (Å²) in [6.45, 7) is 1.62. The highest BCUT2D eigenvalue weighted by Crippen LogP contribution is 2.15. The van der Waals surface area contributed by atoms with E-state index < -0.39 is 10.7 Å². The minimum atomic E-state index is -0.499. The zero-order chi connectivity index (χ0) is 14.7. The van der Waals surface area contributed by atoms with Crippen molar-refractivity contribution < 1.29 is 14.1 Å². The Morgan fingerprint density at radius 2 is 1.85 bits per heavy atom. The molecule has 0 spiro atoms. The van der Waals surface area contributed by atoms with Gasteiger partial charge in [-0.3, -0.25) is 14.9 Å². The molecular formula is C15H12FNO3. The van der Waals surface area contributed by atoms with E-state index in [0.717, 1.165) is 0 Å². The van der Waals surface area contributed by atoms with Gasteiger partial charge in [0, 0.05) is 24.1 Å². The van der Waals surface area contributed by atoms with Gasteiger partial charge < -0.3 is 0 Å². The van der Waals surface area contributed by atoms with Gasteiger partial charge in [-0.2, -0.15) is 0 Å². The Morgan fingerprint density at radius 1 is 1.20 bits per heavy atom. The molecular weight excluding hydrogens is 261 g/mol. The predicted molar refractivity (Wildman–Crippen MR) is 72.3 cm³/mol. The normalized spacial score (nSPS) is 10.3. The molecule has 0 unspecified atom stereocenters. The lowest BCUT2D eigenvalue weighted by Crippen LogP contribution is -2.04. The highest BCUT2D eigenvalue weighted by molar-refractivity contribution is 5.97. The van der Waals surface area contributed by atoms with E-state index in [1.165, 1.54) is 30.3 Å². The van der Waals surface area contributed by atoms with Crippen LogP contribution in [0.5, 0.6) is 0 Å². The summed E-state index contributed by atoms with van der Waals surface area (Å²) >= 11 is 0. The molecule has 102 valence electrons. The number of carbonyl (C=O) groups excluding carboxylic acids is 1. The van der Waals surface area contributed by atoms with E-state index in [1.807, 2.05) is 0 Å². The third kappa shape index (κ3) is 3.06. The van der Waals surface area contributed by atoms with E-state index in [9.17, 15) is 19.3 Å². The molecule has 0 aliphatic carbocycles. The Hall–Kier alpha value is -2.56. The molecule has 0 amide bonds. The molecule has 0 aliphatic heterocycles. The lowest BCUT2D eigenvalue weighted by atomic mass is 10.0. The molecule has 0 aromatic heterocycles. The van der Waals surface area contributed by atoms with Crippen molar-refractivity contribution in [3.63, 3.8) is 0 Å². The van der Waals surface area contributed by atoms with Crippen LogP contribution < -0.4 is 0 Å². The quantitative estimate of drug-likeness (QED) is 0.487. The van der Waals surface area contributed by atoms with Crippen LogP contribution in [-0.2, 0) is 6.42 Å². The van der Waals surface area contributed by atoms with Gasteiger partial charge in [0.15, 0.2) is 5.78 Å². The highest BCUT2D eigenvalue weighted by Gasteiger charge is 2.10. The third-order valence-corrected chi connectivity index (χ3v) is 3.01. The number of halogens is 1. The Bertz CT molecular complexity index is 665. The maximum absolute atomic E-state index is 13.4. The third-order valence-electron chi connectivity index (χ3n) is 3.01. The van der Waals surface area contributed by atoms with Crippen LogP contribution in [0.2, 0.25) is 0 Å². The monoisotopic (exact) mass is 273 g/mol. The summed E-state index contributed by atoms with van der Waals surface area (Å²) in [7, 11) is 0. The lowest BCUT2D eigenvalue weighted by molar-refractivity contribution is -0.384. The number of hydrogen-bond donors (Lipinski definition) is 0. The van der Waals surface area contributed by atoms with Gasteiger partial charge in [0.1, 0.15) is 5.82 Å². The predicted octanol–water partition coefficient (Wildman–Crippen LogP) is 3.47. The fourth-order valence-corrected chi connectivity index (χ4v) is 1.79. The van der Waals surface area contributed by atoms with Crippen LogP contribution in [0.1, 0.15) is 21.5 Å². The topological polar surface area (TPSA) is 60.2 Å². The summed E-state index contributed by atoms with van der Waals surface area (Å²) in [6.07, 6.45) is 0.0838. The number of ketones is 1. The van der Waals surface area contributed by atoms with Crippen LogP contribution in [0.3, 0.4) is 0 Å². The number of benzene rings is 2. The summed E-state index contributed by atoms with van der Waals surface area (Å²) in [5.74, 6) is -0.641. The second-order valence-electron chi connectivity index (χ2n) is 4.49. The van der Waals surface area contributed by atoms with Crippen molar-refractivity contribution in [1.82, 2.24) is 0 Å². The van der Waals surface area contributed by atoms with Crippen molar-refractivity contribution in [1.29, 1.82) is 0 Å².